The monoisotopic (exact) mass is 432 g/mol. The zero-order valence-corrected chi connectivity index (χ0v) is 15.0. The van der Waals surface area contributed by atoms with Gasteiger partial charge in [0, 0.05) is 14.5 Å². The van der Waals surface area contributed by atoms with E-state index in [0.717, 1.165) is 25.8 Å². The number of nitrogens with zero attached hydrogens (tertiary/aromatic N) is 2. The van der Waals surface area contributed by atoms with Crippen LogP contribution >= 0.6 is 31.9 Å². The zero-order valence-electron chi connectivity index (χ0n) is 11.8. The van der Waals surface area contributed by atoms with E-state index >= 15 is 0 Å². The molecule has 6 heteroatoms. The Labute approximate surface area is 149 Å². The molecule has 0 bridgehead atoms. The molecular weight excluding hydrogens is 424 g/mol. The van der Waals surface area contributed by atoms with Gasteiger partial charge in [0.1, 0.15) is 11.7 Å². The fourth-order valence-corrected chi connectivity index (χ4v) is 3.30. The number of aliphatic imine (C=N–C) groups is 2. The molecule has 1 unspecified atom stereocenters. The number of ether oxygens (including phenoxy) is 1. The van der Waals surface area contributed by atoms with Crippen LogP contribution in [0.15, 0.2) is 61.4 Å². The summed E-state index contributed by atoms with van der Waals surface area (Å²) in [6.45, 7) is 0. The number of hydrogen-bond donors (Lipinski definition) is 0. The SMILES string of the molecule is O=C1N=C(c2ccc(Br)cc2)N=C2Oc3ccc(Br)cc3CC12. The Balaban J connectivity index is 1.72. The fraction of sp³-hybridized carbons (Fsp3) is 0.118. The number of amidine groups is 1. The molecule has 114 valence electrons. The van der Waals surface area contributed by atoms with Crippen molar-refractivity contribution in [2.75, 3.05) is 0 Å². The summed E-state index contributed by atoms with van der Waals surface area (Å²) >= 11 is 6.83. The van der Waals surface area contributed by atoms with E-state index in [-0.39, 0.29) is 5.91 Å². The molecular formula is C17H10Br2N2O2. The van der Waals surface area contributed by atoms with Gasteiger partial charge in [0.05, 0.1) is 0 Å². The summed E-state index contributed by atoms with van der Waals surface area (Å²) in [5.74, 6) is 0.926. The molecule has 4 nitrogen and oxygen atoms in total. The maximum atomic E-state index is 12.4. The molecule has 0 aliphatic carbocycles. The second-order valence-corrected chi connectivity index (χ2v) is 7.17. The minimum Gasteiger partial charge on any atom is -0.442 e. The van der Waals surface area contributed by atoms with E-state index in [1.165, 1.54) is 0 Å². The van der Waals surface area contributed by atoms with Gasteiger partial charge in [0.25, 0.3) is 5.91 Å². The second-order valence-electron chi connectivity index (χ2n) is 5.34. The summed E-state index contributed by atoms with van der Waals surface area (Å²) in [4.78, 5) is 21.0. The molecule has 4 rings (SSSR count). The van der Waals surface area contributed by atoms with Crippen molar-refractivity contribution in [2.24, 2.45) is 15.9 Å². The Morgan fingerprint density at radius 2 is 1.74 bits per heavy atom. The molecule has 2 heterocycles. The van der Waals surface area contributed by atoms with E-state index in [4.69, 9.17) is 4.74 Å². The lowest BCUT2D eigenvalue weighted by Gasteiger charge is -2.27. The van der Waals surface area contributed by atoms with Gasteiger partial charge in [-0.25, -0.2) is 0 Å². The van der Waals surface area contributed by atoms with Gasteiger partial charge in [-0.3, -0.25) is 4.79 Å². The number of fused-ring (bicyclic) bond motifs is 2. The molecule has 2 aliphatic rings. The molecule has 1 amide bonds. The molecule has 0 fully saturated rings. The zero-order chi connectivity index (χ0) is 16.0. The summed E-state index contributed by atoms with van der Waals surface area (Å²) in [6, 6.07) is 13.3. The van der Waals surface area contributed by atoms with Crippen LogP contribution in [0.2, 0.25) is 0 Å². The summed E-state index contributed by atoms with van der Waals surface area (Å²) in [7, 11) is 0. The summed E-state index contributed by atoms with van der Waals surface area (Å²) < 4.78 is 7.78. The number of halogens is 2. The van der Waals surface area contributed by atoms with Crippen LogP contribution in [0.1, 0.15) is 11.1 Å². The number of amides is 1. The average molecular weight is 434 g/mol. The van der Waals surface area contributed by atoms with Gasteiger partial charge in [-0.05, 0) is 42.3 Å². The Morgan fingerprint density at radius 1 is 1.00 bits per heavy atom. The van der Waals surface area contributed by atoms with Crippen LogP contribution in [-0.2, 0) is 11.2 Å². The lowest BCUT2D eigenvalue weighted by atomic mass is 9.94. The predicted octanol–water partition coefficient (Wildman–Crippen LogP) is 4.15. The molecule has 2 aromatic carbocycles. The number of hydrogen-bond acceptors (Lipinski definition) is 3. The summed E-state index contributed by atoms with van der Waals surface area (Å²) in [5.41, 5.74) is 1.77. The van der Waals surface area contributed by atoms with Crippen molar-refractivity contribution < 1.29 is 9.53 Å². The molecule has 0 saturated heterocycles. The maximum absolute atomic E-state index is 12.4. The van der Waals surface area contributed by atoms with Gasteiger partial charge >= 0.3 is 0 Å². The Kier molecular flexibility index (Phi) is 3.66. The predicted molar refractivity (Wildman–Crippen MR) is 95.1 cm³/mol. The van der Waals surface area contributed by atoms with E-state index in [0.29, 0.717) is 18.2 Å². The van der Waals surface area contributed by atoms with Crippen molar-refractivity contribution in [1.29, 1.82) is 0 Å². The Hall–Kier alpha value is -1.79. The molecule has 23 heavy (non-hydrogen) atoms. The summed E-state index contributed by atoms with van der Waals surface area (Å²) in [5, 5.41) is 0. The normalized spacial score (nSPS) is 19.2. The van der Waals surface area contributed by atoms with Crippen molar-refractivity contribution >= 4 is 49.5 Å². The smallest absolute Gasteiger partial charge is 0.260 e. The van der Waals surface area contributed by atoms with Crippen LogP contribution in [0, 0.1) is 5.92 Å². The molecule has 0 radical (unpaired) electrons. The van der Waals surface area contributed by atoms with Crippen LogP contribution < -0.4 is 4.74 Å². The van der Waals surface area contributed by atoms with E-state index in [9.17, 15) is 4.79 Å². The van der Waals surface area contributed by atoms with E-state index < -0.39 is 5.92 Å². The minimum absolute atomic E-state index is 0.210. The highest BCUT2D eigenvalue weighted by molar-refractivity contribution is 9.10. The van der Waals surface area contributed by atoms with Crippen LogP contribution in [0.25, 0.3) is 0 Å². The molecule has 0 N–H and O–H groups in total. The third kappa shape index (κ3) is 2.77. The second kappa shape index (κ2) is 5.69. The molecule has 0 saturated carbocycles. The molecule has 1 atom stereocenters. The minimum atomic E-state index is -0.434. The van der Waals surface area contributed by atoms with Crippen molar-refractivity contribution in [1.82, 2.24) is 0 Å². The van der Waals surface area contributed by atoms with Gasteiger partial charge in [-0.2, -0.15) is 9.98 Å². The van der Waals surface area contributed by atoms with Crippen molar-refractivity contribution in [3.63, 3.8) is 0 Å². The van der Waals surface area contributed by atoms with Crippen LogP contribution in [0.3, 0.4) is 0 Å². The fourth-order valence-electron chi connectivity index (χ4n) is 2.63. The summed E-state index contributed by atoms with van der Waals surface area (Å²) in [6.07, 6.45) is 0.559. The highest BCUT2D eigenvalue weighted by atomic mass is 79.9. The first-order chi connectivity index (χ1) is 11.1. The van der Waals surface area contributed by atoms with Crippen molar-refractivity contribution in [2.45, 2.75) is 6.42 Å². The average Bonchev–Trinajstić information content (AvgIpc) is 2.54. The third-order valence-electron chi connectivity index (χ3n) is 3.79. The molecule has 0 spiro atoms. The van der Waals surface area contributed by atoms with Gasteiger partial charge < -0.3 is 4.74 Å². The van der Waals surface area contributed by atoms with Gasteiger partial charge in [0.15, 0.2) is 5.84 Å². The van der Waals surface area contributed by atoms with Gasteiger partial charge in [0.2, 0.25) is 5.90 Å². The van der Waals surface area contributed by atoms with Crippen LogP contribution in [0.5, 0.6) is 5.75 Å². The molecule has 2 aliphatic heterocycles. The lowest BCUT2D eigenvalue weighted by Crippen LogP contribution is -2.37. The number of carbonyl (C=O) groups is 1. The quantitative estimate of drug-likeness (QED) is 0.678. The molecule has 2 aromatic rings. The van der Waals surface area contributed by atoms with E-state index in [1.54, 1.807) is 0 Å². The highest BCUT2D eigenvalue weighted by Crippen LogP contribution is 2.33. The number of benzene rings is 2. The third-order valence-corrected chi connectivity index (χ3v) is 4.81. The first-order valence-corrected chi connectivity index (χ1v) is 8.62. The Bertz CT molecular complexity index is 873. The highest BCUT2D eigenvalue weighted by Gasteiger charge is 2.35. The lowest BCUT2D eigenvalue weighted by molar-refractivity contribution is -0.120. The van der Waals surface area contributed by atoms with Crippen molar-refractivity contribution in [3.8, 4) is 5.75 Å². The topological polar surface area (TPSA) is 51.0 Å². The van der Waals surface area contributed by atoms with Gasteiger partial charge in [-0.1, -0.05) is 44.0 Å². The molecule has 0 aromatic heterocycles. The van der Waals surface area contributed by atoms with Crippen LogP contribution in [0.4, 0.5) is 0 Å². The largest absolute Gasteiger partial charge is 0.442 e. The number of carbonyl (C=O) groups excluding carboxylic acids is 1. The van der Waals surface area contributed by atoms with Gasteiger partial charge in [-0.15, -0.1) is 0 Å². The Morgan fingerprint density at radius 3 is 2.52 bits per heavy atom. The maximum Gasteiger partial charge on any atom is 0.260 e. The standard InChI is InChI=1S/C17H10Br2N2O2/c18-11-3-1-9(2-4-11)15-20-16(22)13-8-10-7-12(19)5-6-14(10)23-17(13)21-15/h1-7,13H,8H2. The first-order valence-electron chi connectivity index (χ1n) is 7.03. The van der Waals surface area contributed by atoms with E-state index in [1.807, 2.05) is 42.5 Å². The first kappa shape index (κ1) is 14.8. The van der Waals surface area contributed by atoms with E-state index in [2.05, 4.69) is 41.8 Å². The van der Waals surface area contributed by atoms with Crippen molar-refractivity contribution in [3.05, 3.63) is 62.5 Å². The van der Waals surface area contributed by atoms with Crippen LogP contribution in [-0.4, -0.2) is 17.6 Å². The number of rotatable bonds is 1.